The van der Waals surface area contributed by atoms with E-state index in [2.05, 4.69) is 10.4 Å². The number of nitrogens with two attached hydrogens (primary N) is 1. The molecule has 2 aromatic heterocycles. The van der Waals surface area contributed by atoms with Crippen LogP contribution in [0.1, 0.15) is 28.6 Å². The van der Waals surface area contributed by atoms with Crippen LogP contribution < -0.4 is 11.3 Å². The predicted octanol–water partition coefficient (Wildman–Crippen LogP) is 1.84. The average molecular weight is 217 g/mol. The van der Waals surface area contributed by atoms with E-state index in [0.717, 1.165) is 22.6 Å². The van der Waals surface area contributed by atoms with Gasteiger partial charge < -0.3 is 4.42 Å². The number of aryl methyl sites for hydroxylation is 2. The number of aromatic nitrogens is 1. The zero-order chi connectivity index (χ0) is 11.5. The number of hydrogen-bond donors (Lipinski definition) is 2. The number of rotatable bonds is 3. The van der Waals surface area contributed by atoms with Gasteiger partial charge in [0.1, 0.15) is 5.76 Å². The maximum atomic E-state index is 5.58. The number of furan rings is 1. The molecule has 1 atom stereocenters. The molecular weight excluding hydrogens is 202 g/mol. The monoisotopic (exact) mass is 217 g/mol. The molecule has 0 bridgehead atoms. The van der Waals surface area contributed by atoms with Crippen molar-refractivity contribution in [2.75, 3.05) is 0 Å². The number of pyridine rings is 1. The fraction of sp³-hybridized carbons (Fsp3) is 0.250. The Hall–Kier alpha value is -1.65. The third kappa shape index (κ3) is 1.98. The van der Waals surface area contributed by atoms with Crippen LogP contribution in [0.2, 0.25) is 0 Å². The summed E-state index contributed by atoms with van der Waals surface area (Å²) in [5.74, 6) is 6.45. The first kappa shape index (κ1) is 10.9. The molecule has 2 aromatic rings. The van der Waals surface area contributed by atoms with Crippen molar-refractivity contribution < 1.29 is 4.42 Å². The second-order valence-electron chi connectivity index (χ2n) is 3.76. The molecule has 0 amide bonds. The quantitative estimate of drug-likeness (QED) is 0.608. The highest BCUT2D eigenvalue weighted by Gasteiger charge is 2.16. The van der Waals surface area contributed by atoms with E-state index in [1.807, 2.05) is 38.2 Å². The van der Waals surface area contributed by atoms with Crippen molar-refractivity contribution in [3.63, 3.8) is 0 Å². The van der Waals surface area contributed by atoms with Crippen molar-refractivity contribution in [3.8, 4) is 0 Å². The Morgan fingerprint density at radius 1 is 1.31 bits per heavy atom. The Morgan fingerprint density at radius 2 is 2.12 bits per heavy atom. The number of nitrogens with zero attached hydrogens (tertiary/aromatic N) is 1. The first-order valence-corrected chi connectivity index (χ1v) is 5.15. The molecule has 0 aliphatic heterocycles. The smallest absolute Gasteiger partial charge is 0.105 e. The van der Waals surface area contributed by atoms with E-state index >= 15 is 0 Å². The van der Waals surface area contributed by atoms with E-state index in [4.69, 9.17) is 10.3 Å². The second-order valence-corrected chi connectivity index (χ2v) is 3.76. The van der Waals surface area contributed by atoms with Gasteiger partial charge in [0, 0.05) is 17.5 Å². The summed E-state index contributed by atoms with van der Waals surface area (Å²) in [6.07, 6.45) is 3.49. The first-order chi connectivity index (χ1) is 7.72. The van der Waals surface area contributed by atoms with Gasteiger partial charge in [-0.3, -0.25) is 10.8 Å². The highest BCUT2D eigenvalue weighted by Crippen LogP contribution is 2.24. The summed E-state index contributed by atoms with van der Waals surface area (Å²) < 4.78 is 5.28. The number of hydrogen-bond acceptors (Lipinski definition) is 4. The third-order valence-electron chi connectivity index (χ3n) is 2.64. The SMILES string of the molecule is Cc1ccc(C(NN)c2ccoc2C)cn1. The van der Waals surface area contributed by atoms with E-state index in [1.165, 1.54) is 0 Å². The molecular formula is C12H15N3O. The minimum absolute atomic E-state index is 0.0770. The fourth-order valence-corrected chi connectivity index (χ4v) is 1.71. The molecule has 0 radical (unpaired) electrons. The molecule has 84 valence electrons. The van der Waals surface area contributed by atoms with Gasteiger partial charge in [-0.25, -0.2) is 5.43 Å². The Bertz CT molecular complexity index is 461. The summed E-state index contributed by atoms with van der Waals surface area (Å²) in [6, 6.07) is 5.82. The molecule has 0 saturated carbocycles. The number of hydrazine groups is 1. The molecule has 1 unspecified atom stereocenters. The van der Waals surface area contributed by atoms with E-state index in [-0.39, 0.29) is 6.04 Å². The lowest BCUT2D eigenvalue weighted by atomic mass is 10.0. The summed E-state index contributed by atoms with van der Waals surface area (Å²) >= 11 is 0. The van der Waals surface area contributed by atoms with E-state index in [9.17, 15) is 0 Å². The first-order valence-electron chi connectivity index (χ1n) is 5.15. The van der Waals surface area contributed by atoms with Crippen LogP contribution in [0.5, 0.6) is 0 Å². The van der Waals surface area contributed by atoms with Crippen LogP contribution >= 0.6 is 0 Å². The van der Waals surface area contributed by atoms with E-state index < -0.39 is 0 Å². The summed E-state index contributed by atoms with van der Waals surface area (Å²) in [6.45, 7) is 3.87. The van der Waals surface area contributed by atoms with E-state index in [0.29, 0.717) is 0 Å². The lowest BCUT2D eigenvalue weighted by molar-refractivity contribution is 0.520. The lowest BCUT2D eigenvalue weighted by Gasteiger charge is -2.15. The topological polar surface area (TPSA) is 64.1 Å². The maximum Gasteiger partial charge on any atom is 0.105 e. The lowest BCUT2D eigenvalue weighted by Crippen LogP contribution is -2.29. The highest BCUT2D eigenvalue weighted by atomic mass is 16.3. The van der Waals surface area contributed by atoms with Crippen molar-refractivity contribution >= 4 is 0 Å². The molecule has 0 aliphatic rings. The van der Waals surface area contributed by atoms with Crippen molar-refractivity contribution in [1.29, 1.82) is 0 Å². The van der Waals surface area contributed by atoms with Gasteiger partial charge in [-0.15, -0.1) is 0 Å². The summed E-state index contributed by atoms with van der Waals surface area (Å²) in [4.78, 5) is 4.26. The molecule has 0 aromatic carbocycles. The zero-order valence-corrected chi connectivity index (χ0v) is 9.40. The predicted molar refractivity (Wildman–Crippen MR) is 61.6 cm³/mol. The van der Waals surface area contributed by atoms with Gasteiger partial charge in [-0.2, -0.15) is 0 Å². The van der Waals surface area contributed by atoms with Gasteiger partial charge in [-0.1, -0.05) is 6.07 Å². The number of nitrogens with one attached hydrogen (secondary N) is 1. The molecule has 0 aliphatic carbocycles. The van der Waals surface area contributed by atoms with Gasteiger partial charge in [0.25, 0.3) is 0 Å². The summed E-state index contributed by atoms with van der Waals surface area (Å²) in [5, 5.41) is 0. The molecule has 0 fully saturated rings. The molecule has 4 heteroatoms. The Kier molecular flexibility index (Phi) is 3.03. The van der Waals surface area contributed by atoms with Crippen molar-refractivity contribution in [2.45, 2.75) is 19.9 Å². The molecule has 2 rings (SSSR count). The Morgan fingerprint density at radius 3 is 2.62 bits per heavy atom. The minimum atomic E-state index is -0.0770. The van der Waals surface area contributed by atoms with E-state index in [1.54, 1.807) is 6.26 Å². The molecule has 3 N–H and O–H groups in total. The normalized spacial score (nSPS) is 12.7. The third-order valence-corrected chi connectivity index (χ3v) is 2.64. The minimum Gasteiger partial charge on any atom is -0.469 e. The van der Waals surface area contributed by atoms with Crippen LogP contribution in [-0.2, 0) is 0 Å². The molecule has 16 heavy (non-hydrogen) atoms. The van der Waals surface area contributed by atoms with Crippen molar-refractivity contribution in [2.24, 2.45) is 5.84 Å². The average Bonchev–Trinajstić information content (AvgIpc) is 2.69. The summed E-state index contributed by atoms with van der Waals surface area (Å²) in [7, 11) is 0. The molecule has 4 nitrogen and oxygen atoms in total. The van der Waals surface area contributed by atoms with Crippen LogP contribution in [-0.4, -0.2) is 4.98 Å². The maximum absolute atomic E-state index is 5.58. The Balaban J connectivity index is 2.37. The fourth-order valence-electron chi connectivity index (χ4n) is 1.71. The molecule has 0 spiro atoms. The van der Waals surface area contributed by atoms with Crippen LogP contribution in [0.15, 0.2) is 35.1 Å². The highest BCUT2D eigenvalue weighted by molar-refractivity contribution is 5.31. The van der Waals surface area contributed by atoms with Gasteiger partial charge in [0.15, 0.2) is 0 Å². The van der Waals surface area contributed by atoms with Crippen LogP contribution in [0.4, 0.5) is 0 Å². The van der Waals surface area contributed by atoms with Crippen molar-refractivity contribution in [1.82, 2.24) is 10.4 Å². The summed E-state index contributed by atoms with van der Waals surface area (Å²) in [5.41, 5.74) is 5.83. The van der Waals surface area contributed by atoms with Gasteiger partial charge in [-0.05, 0) is 31.5 Å². The molecule has 2 heterocycles. The zero-order valence-electron chi connectivity index (χ0n) is 9.40. The van der Waals surface area contributed by atoms with Crippen LogP contribution in [0, 0.1) is 13.8 Å². The molecule has 0 saturated heterocycles. The van der Waals surface area contributed by atoms with Gasteiger partial charge in [0.05, 0.1) is 12.3 Å². The van der Waals surface area contributed by atoms with Gasteiger partial charge >= 0.3 is 0 Å². The van der Waals surface area contributed by atoms with Gasteiger partial charge in [0.2, 0.25) is 0 Å². The Labute approximate surface area is 94.5 Å². The van der Waals surface area contributed by atoms with Crippen molar-refractivity contribution in [3.05, 3.63) is 53.2 Å². The van der Waals surface area contributed by atoms with Crippen LogP contribution in [0.3, 0.4) is 0 Å². The largest absolute Gasteiger partial charge is 0.469 e. The second kappa shape index (κ2) is 4.47. The van der Waals surface area contributed by atoms with Crippen LogP contribution in [0.25, 0.3) is 0 Å². The standard InChI is InChI=1S/C12H15N3O/c1-8-3-4-10(7-14-8)12(15-13)11-5-6-16-9(11)2/h3-7,12,15H,13H2,1-2H3.